The van der Waals surface area contributed by atoms with E-state index >= 15 is 0 Å². The maximum atomic E-state index is 13.7. The number of rotatable bonds is 9. The van der Waals surface area contributed by atoms with Crippen LogP contribution in [0.3, 0.4) is 0 Å². The highest BCUT2D eigenvalue weighted by molar-refractivity contribution is 5.83. The predicted octanol–water partition coefficient (Wildman–Crippen LogP) is 4.83. The van der Waals surface area contributed by atoms with Crippen LogP contribution < -0.4 is 5.32 Å². The van der Waals surface area contributed by atoms with Crippen LogP contribution in [-0.2, 0) is 9.53 Å². The number of halogens is 2. The summed E-state index contributed by atoms with van der Waals surface area (Å²) in [5, 5.41) is 2.95. The van der Waals surface area contributed by atoms with Gasteiger partial charge in [0.15, 0.2) is 0 Å². The number of carbonyl (C=O) groups is 2. The molecular weight excluding hydrogens is 514 g/mol. The molecule has 1 spiro atoms. The lowest BCUT2D eigenvalue weighted by atomic mass is 9.81. The first kappa shape index (κ1) is 27.9. The molecule has 2 bridgehead atoms. The van der Waals surface area contributed by atoms with Gasteiger partial charge in [-0.05, 0) is 70.3 Å². The molecule has 0 radical (unpaired) electrons. The van der Waals surface area contributed by atoms with E-state index in [1.165, 1.54) is 0 Å². The van der Waals surface area contributed by atoms with Gasteiger partial charge in [0.25, 0.3) is 5.92 Å². The zero-order chi connectivity index (χ0) is 28.1. The molecule has 4 atom stereocenters. The molecule has 5 fully saturated rings. The molecule has 5 aliphatic rings. The fourth-order valence-corrected chi connectivity index (χ4v) is 8.17. The molecule has 0 aromatic heterocycles. The monoisotopic (exact) mass is 558 g/mol. The second kappa shape index (κ2) is 10.9. The van der Waals surface area contributed by atoms with Crippen molar-refractivity contribution in [2.45, 2.75) is 101 Å². The Morgan fingerprint density at radius 1 is 1.05 bits per heavy atom. The molecule has 4 saturated heterocycles. The van der Waals surface area contributed by atoms with Gasteiger partial charge < -0.3 is 19.9 Å². The van der Waals surface area contributed by atoms with Crippen LogP contribution in [0.1, 0.15) is 76.8 Å². The number of nitrogens with one attached hydrogen (secondary N) is 1. The number of hydrogen-bond donors (Lipinski definition) is 1. The van der Waals surface area contributed by atoms with Gasteiger partial charge in [0.1, 0.15) is 5.92 Å². The van der Waals surface area contributed by atoms with E-state index < -0.39 is 17.7 Å². The number of amides is 3. The Hall–Kier alpha value is -2.26. The number of urea groups is 1. The quantitative estimate of drug-likeness (QED) is 0.472. The molecule has 1 saturated carbocycles. The summed E-state index contributed by atoms with van der Waals surface area (Å²) in [6, 6.07) is 10.5. The summed E-state index contributed by atoms with van der Waals surface area (Å²) in [4.78, 5) is 33.2. The van der Waals surface area contributed by atoms with Crippen molar-refractivity contribution >= 4 is 11.9 Å². The number of alkyl halides is 2. The zero-order valence-electron chi connectivity index (χ0n) is 23.9. The maximum Gasteiger partial charge on any atom is 0.320 e. The molecule has 4 heterocycles. The van der Waals surface area contributed by atoms with Gasteiger partial charge in [-0.25, -0.2) is 13.6 Å². The highest BCUT2D eigenvalue weighted by Gasteiger charge is 2.61. The lowest BCUT2D eigenvalue weighted by molar-refractivity contribution is -0.125. The van der Waals surface area contributed by atoms with E-state index in [1.54, 1.807) is 0 Å². The Bertz CT molecular complexity index is 1070. The Morgan fingerprint density at radius 2 is 1.70 bits per heavy atom. The first-order chi connectivity index (χ1) is 19.2. The van der Waals surface area contributed by atoms with Gasteiger partial charge in [-0.3, -0.25) is 9.69 Å². The smallest absolute Gasteiger partial charge is 0.320 e. The molecule has 7 nitrogen and oxygen atoms in total. The van der Waals surface area contributed by atoms with Crippen molar-refractivity contribution in [2.75, 3.05) is 32.8 Å². The van der Waals surface area contributed by atoms with Gasteiger partial charge in [-0.2, -0.15) is 0 Å². The van der Waals surface area contributed by atoms with E-state index in [-0.39, 0.29) is 30.1 Å². The number of piperidine rings is 1. The molecule has 1 aromatic rings. The van der Waals surface area contributed by atoms with Crippen LogP contribution in [0, 0.1) is 11.8 Å². The number of ether oxygens (including phenoxy) is 1. The van der Waals surface area contributed by atoms with Crippen molar-refractivity contribution < 1.29 is 23.1 Å². The summed E-state index contributed by atoms with van der Waals surface area (Å²) in [5.41, 5.74) is 0.820. The van der Waals surface area contributed by atoms with Crippen LogP contribution in [0.5, 0.6) is 0 Å². The van der Waals surface area contributed by atoms with Gasteiger partial charge >= 0.3 is 6.03 Å². The van der Waals surface area contributed by atoms with Crippen LogP contribution >= 0.6 is 0 Å². The molecule has 6 rings (SSSR count). The minimum Gasteiger partial charge on any atom is -0.381 e. The minimum atomic E-state index is -2.87. The predicted molar refractivity (Wildman–Crippen MR) is 148 cm³/mol. The van der Waals surface area contributed by atoms with E-state index in [4.69, 9.17) is 4.74 Å². The molecule has 220 valence electrons. The van der Waals surface area contributed by atoms with Gasteiger partial charge in [-0.1, -0.05) is 30.3 Å². The molecule has 1 aromatic carbocycles. The van der Waals surface area contributed by atoms with Crippen LogP contribution in [-0.4, -0.2) is 89.1 Å². The van der Waals surface area contributed by atoms with Crippen LogP contribution in [0.4, 0.5) is 13.6 Å². The summed E-state index contributed by atoms with van der Waals surface area (Å²) < 4.78 is 32.7. The number of benzene rings is 1. The second-order valence-electron chi connectivity index (χ2n) is 13.2. The topological polar surface area (TPSA) is 65.1 Å². The minimum absolute atomic E-state index is 0.136. The van der Waals surface area contributed by atoms with Crippen LogP contribution in [0.25, 0.3) is 0 Å². The highest BCUT2D eigenvalue weighted by Crippen LogP contribution is 2.50. The first-order valence-electron chi connectivity index (χ1n) is 15.3. The highest BCUT2D eigenvalue weighted by atomic mass is 19.3. The molecule has 1 aliphatic carbocycles. The summed E-state index contributed by atoms with van der Waals surface area (Å²) >= 11 is 0. The average Bonchev–Trinajstić information content (AvgIpc) is 3.40. The van der Waals surface area contributed by atoms with E-state index in [1.807, 2.05) is 30.3 Å². The summed E-state index contributed by atoms with van der Waals surface area (Å²) in [7, 11) is 0. The van der Waals surface area contributed by atoms with Crippen molar-refractivity contribution in [3.63, 3.8) is 0 Å². The fraction of sp³-hybridized carbons (Fsp3) is 0.742. The van der Waals surface area contributed by atoms with Gasteiger partial charge in [0.05, 0.1) is 11.6 Å². The summed E-state index contributed by atoms with van der Waals surface area (Å²) in [6.07, 6.45) is 6.53. The van der Waals surface area contributed by atoms with E-state index in [0.717, 1.165) is 76.9 Å². The fourth-order valence-electron chi connectivity index (χ4n) is 8.17. The largest absolute Gasteiger partial charge is 0.381 e. The molecular formula is C31H44F2N4O3. The SMILES string of the molecule is CC(C)N1C(=O)N(CC2CCOCC2)CC12CC1CCC(C2)N1CC[C@H](NC(=O)C1CC1(F)F)c1ccccc1. The Morgan fingerprint density at radius 3 is 2.30 bits per heavy atom. The molecule has 1 N–H and O–H groups in total. The maximum absolute atomic E-state index is 13.7. The number of fused-ring (bicyclic) bond motifs is 2. The number of carbonyl (C=O) groups excluding carboxylic acids is 2. The van der Waals surface area contributed by atoms with Crippen molar-refractivity contribution in [1.29, 1.82) is 0 Å². The van der Waals surface area contributed by atoms with E-state index in [0.29, 0.717) is 24.4 Å². The van der Waals surface area contributed by atoms with Crippen molar-refractivity contribution in [1.82, 2.24) is 20.0 Å². The Kier molecular flexibility index (Phi) is 7.57. The van der Waals surface area contributed by atoms with Crippen LogP contribution in [0.2, 0.25) is 0 Å². The normalized spacial score (nSPS) is 32.7. The van der Waals surface area contributed by atoms with Crippen molar-refractivity contribution in [3.05, 3.63) is 35.9 Å². The van der Waals surface area contributed by atoms with Crippen molar-refractivity contribution in [3.8, 4) is 0 Å². The van der Waals surface area contributed by atoms with E-state index in [9.17, 15) is 18.4 Å². The third-order valence-corrected chi connectivity index (χ3v) is 10.1. The van der Waals surface area contributed by atoms with Crippen molar-refractivity contribution in [2.24, 2.45) is 11.8 Å². The summed E-state index contributed by atoms with van der Waals surface area (Å²) in [5.74, 6) is -4.10. The zero-order valence-corrected chi connectivity index (χ0v) is 23.9. The molecule has 3 amide bonds. The third-order valence-electron chi connectivity index (χ3n) is 10.1. The van der Waals surface area contributed by atoms with Gasteiger partial charge in [0.2, 0.25) is 5.91 Å². The molecule has 9 heteroatoms. The Balaban J connectivity index is 1.13. The van der Waals surface area contributed by atoms with E-state index in [2.05, 4.69) is 33.9 Å². The molecule has 4 aliphatic heterocycles. The Labute approximate surface area is 236 Å². The van der Waals surface area contributed by atoms with Gasteiger partial charge in [0, 0.05) is 57.4 Å². The van der Waals surface area contributed by atoms with Crippen LogP contribution in [0.15, 0.2) is 30.3 Å². The number of nitrogens with zero attached hydrogens (tertiary/aromatic N) is 3. The first-order valence-corrected chi connectivity index (χ1v) is 15.3. The van der Waals surface area contributed by atoms with Gasteiger partial charge in [-0.15, -0.1) is 0 Å². The summed E-state index contributed by atoms with van der Waals surface area (Å²) in [6.45, 7) is 8.29. The second-order valence-corrected chi connectivity index (χ2v) is 13.2. The molecule has 3 unspecified atom stereocenters. The average molecular weight is 559 g/mol. The number of hydrogen-bond acceptors (Lipinski definition) is 4. The lowest BCUT2D eigenvalue weighted by Gasteiger charge is -2.49. The standard InChI is InChI=1S/C31H44F2N4O3/c1-21(2)37-29(39)35(19-22-11-14-40-15-12-22)20-30(37)16-24-8-9-25(17-30)36(24)13-10-27(23-6-4-3-5-7-23)34-28(38)26-18-31(26,32)33/h3-7,21-22,24-27H,8-20H2,1-2H3,(H,34,38)/t24?,25?,26?,27-,30?/m0/s1. The third kappa shape index (κ3) is 5.36. The molecule has 40 heavy (non-hydrogen) atoms. The lowest BCUT2D eigenvalue weighted by Crippen LogP contribution is -2.60.